The average Bonchev–Trinajstić information content (AvgIpc) is 2.88. The zero-order valence-corrected chi connectivity index (χ0v) is 23.4. The molecule has 0 heterocycles. The lowest BCUT2D eigenvalue weighted by Crippen LogP contribution is -2.29. The topological polar surface area (TPSA) is 113 Å². The quantitative estimate of drug-likeness (QED) is 0.286. The Bertz CT molecular complexity index is 1700. The van der Waals surface area contributed by atoms with Crippen LogP contribution in [0.2, 0.25) is 0 Å². The number of sulfonamides is 2. The molecule has 0 radical (unpaired) electrons. The second kappa shape index (κ2) is 11.3. The second-order valence-electron chi connectivity index (χ2n) is 9.20. The number of nitrogens with one attached hydrogen (secondary N) is 2. The van der Waals surface area contributed by atoms with Crippen LogP contribution in [0.25, 0.3) is 0 Å². The standard InChI is InChI=1S/C29H29N3O5S2/c1-21-7-6-9-26(19-21)32(38(3,34)35)20-23-11-13-24(14-12-23)29(33)30-25-15-17-27(18-16-25)39(36,37)31-28-10-5-4-8-22(28)2/h4-19,31H,20H2,1-3H3,(H,30,33). The van der Waals surface area contributed by atoms with Crippen LogP contribution < -0.4 is 14.3 Å². The summed E-state index contributed by atoms with van der Waals surface area (Å²) in [7, 11) is -7.32. The van der Waals surface area contributed by atoms with Crippen LogP contribution in [0.5, 0.6) is 0 Å². The Morgan fingerprint density at radius 2 is 1.46 bits per heavy atom. The first-order chi connectivity index (χ1) is 18.4. The summed E-state index contributed by atoms with van der Waals surface area (Å²) < 4.78 is 54.3. The number of nitrogens with zero attached hydrogens (tertiary/aromatic N) is 1. The molecule has 1 amide bonds. The molecule has 0 aromatic heterocycles. The monoisotopic (exact) mass is 563 g/mol. The number of anilines is 3. The van der Waals surface area contributed by atoms with Crippen molar-refractivity contribution in [3.8, 4) is 0 Å². The van der Waals surface area contributed by atoms with Crippen molar-refractivity contribution in [2.45, 2.75) is 25.3 Å². The first kappa shape index (κ1) is 27.9. The number of benzene rings is 4. The smallest absolute Gasteiger partial charge is 0.261 e. The molecule has 0 fully saturated rings. The summed E-state index contributed by atoms with van der Waals surface area (Å²) >= 11 is 0. The lowest BCUT2D eigenvalue weighted by Gasteiger charge is -2.23. The van der Waals surface area contributed by atoms with E-state index in [0.29, 0.717) is 28.2 Å². The molecule has 0 bridgehead atoms. The van der Waals surface area contributed by atoms with Gasteiger partial charge in [0.05, 0.1) is 29.1 Å². The maximum atomic E-state index is 12.8. The van der Waals surface area contributed by atoms with Crippen LogP contribution >= 0.6 is 0 Å². The molecule has 4 aromatic carbocycles. The molecular weight excluding hydrogens is 534 g/mol. The summed E-state index contributed by atoms with van der Waals surface area (Å²) in [5.41, 5.74) is 4.33. The zero-order valence-electron chi connectivity index (χ0n) is 21.7. The van der Waals surface area contributed by atoms with Gasteiger partial charge >= 0.3 is 0 Å². The molecule has 2 N–H and O–H groups in total. The third-order valence-corrected chi connectivity index (χ3v) is 8.57. The van der Waals surface area contributed by atoms with E-state index < -0.39 is 20.0 Å². The Balaban J connectivity index is 1.43. The van der Waals surface area contributed by atoms with Gasteiger partial charge in [0.15, 0.2) is 0 Å². The van der Waals surface area contributed by atoms with Crippen LogP contribution in [-0.2, 0) is 26.6 Å². The number of para-hydroxylation sites is 1. The fourth-order valence-electron chi connectivity index (χ4n) is 3.92. The number of carbonyl (C=O) groups is 1. The van der Waals surface area contributed by atoms with E-state index in [2.05, 4.69) is 10.0 Å². The Morgan fingerprint density at radius 3 is 2.08 bits per heavy atom. The summed E-state index contributed by atoms with van der Waals surface area (Å²) in [6, 6.07) is 26.8. The molecular formula is C29H29N3O5S2. The van der Waals surface area contributed by atoms with Crippen LogP contribution in [0.1, 0.15) is 27.0 Å². The number of aryl methyl sites for hydroxylation is 2. The first-order valence-corrected chi connectivity index (χ1v) is 15.4. The van der Waals surface area contributed by atoms with E-state index in [4.69, 9.17) is 0 Å². The van der Waals surface area contributed by atoms with Crippen molar-refractivity contribution in [3.05, 3.63) is 119 Å². The maximum absolute atomic E-state index is 12.8. The maximum Gasteiger partial charge on any atom is 0.261 e. The fraction of sp³-hybridized carbons (Fsp3) is 0.138. The van der Waals surface area contributed by atoms with E-state index >= 15 is 0 Å². The van der Waals surface area contributed by atoms with Gasteiger partial charge in [-0.15, -0.1) is 0 Å². The first-order valence-electron chi connectivity index (χ1n) is 12.1. The van der Waals surface area contributed by atoms with E-state index in [1.165, 1.54) is 28.6 Å². The Hall–Kier alpha value is -4.15. The van der Waals surface area contributed by atoms with Gasteiger partial charge in [0.25, 0.3) is 15.9 Å². The minimum Gasteiger partial charge on any atom is -0.322 e. The fourth-order valence-corrected chi connectivity index (χ4v) is 5.93. The van der Waals surface area contributed by atoms with Gasteiger partial charge in [0, 0.05) is 11.3 Å². The summed E-state index contributed by atoms with van der Waals surface area (Å²) in [6.45, 7) is 3.83. The van der Waals surface area contributed by atoms with Crippen LogP contribution in [0, 0.1) is 13.8 Å². The highest BCUT2D eigenvalue weighted by molar-refractivity contribution is 7.92. The SMILES string of the molecule is Cc1cccc(N(Cc2ccc(C(=O)Nc3ccc(S(=O)(=O)Nc4ccccc4C)cc3)cc2)S(C)(=O)=O)c1. The van der Waals surface area contributed by atoms with Crippen molar-refractivity contribution in [1.29, 1.82) is 0 Å². The van der Waals surface area contributed by atoms with Gasteiger partial charge in [-0.1, -0.05) is 42.5 Å². The minimum absolute atomic E-state index is 0.0668. The molecule has 202 valence electrons. The van der Waals surface area contributed by atoms with Crippen molar-refractivity contribution in [2.75, 3.05) is 20.6 Å². The van der Waals surface area contributed by atoms with Gasteiger partial charge in [0.1, 0.15) is 0 Å². The van der Waals surface area contributed by atoms with E-state index in [0.717, 1.165) is 17.4 Å². The van der Waals surface area contributed by atoms with E-state index in [1.54, 1.807) is 54.6 Å². The van der Waals surface area contributed by atoms with Gasteiger partial charge in [-0.2, -0.15) is 0 Å². The van der Waals surface area contributed by atoms with Gasteiger partial charge in [-0.3, -0.25) is 13.8 Å². The van der Waals surface area contributed by atoms with E-state index in [1.807, 2.05) is 32.0 Å². The highest BCUT2D eigenvalue weighted by Gasteiger charge is 2.19. The van der Waals surface area contributed by atoms with Crippen LogP contribution in [-0.4, -0.2) is 29.0 Å². The number of carbonyl (C=O) groups excluding carboxylic acids is 1. The summed E-state index contributed by atoms with van der Waals surface area (Å²) in [4.78, 5) is 12.8. The van der Waals surface area contributed by atoms with Crippen molar-refractivity contribution >= 4 is 43.0 Å². The normalized spacial score (nSPS) is 11.6. The number of amides is 1. The molecule has 10 heteroatoms. The molecule has 0 atom stereocenters. The molecule has 0 aliphatic rings. The summed E-state index contributed by atoms with van der Waals surface area (Å²) in [6.07, 6.45) is 1.16. The third-order valence-electron chi connectivity index (χ3n) is 6.04. The van der Waals surface area contributed by atoms with Gasteiger partial charge < -0.3 is 5.32 Å². The molecule has 0 aliphatic heterocycles. The Kier molecular flexibility index (Phi) is 8.08. The lowest BCUT2D eigenvalue weighted by molar-refractivity contribution is 0.102. The van der Waals surface area contributed by atoms with Gasteiger partial charge in [0.2, 0.25) is 10.0 Å². The molecule has 0 spiro atoms. The molecule has 0 saturated heterocycles. The summed E-state index contributed by atoms with van der Waals surface area (Å²) in [5, 5.41) is 2.75. The van der Waals surface area contributed by atoms with Crippen molar-refractivity contribution in [1.82, 2.24) is 0 Å². The molecule has 0 aliphatic carbocycles. The third kappa shape index (κ3) is 7.04. The van der Waals surface area contributed by atoms with Crippen molar-refractivity contribution in [2.24, 2.45) is 0 Å². The van der Waals surface area contributed by atoms with Crippen molar-refractivity contribution in [3.63, 3.8) is 0 Å². The van der Waals surface area contributed by atoms with Crippen LogP contribution in [0.4, 0.5) is 17.1 Å². The number of rotatable bonds is 9. The van der Waals surface area contributed by atoms with Crippen LogP contribution in [0.3, 0.4) is 0 Å². The van der Waals surface area contributed by atoms with Crippen molar-refractivity contribution < 1.29 is 21.6 Å². The molecule has 8 nitrogen and oxygen atoms in total. The van der Waals surface area contributed by atoms with Gasteiger partial charge in [-0.25, -0.2) is 16.8 Å². The highest BCUT2D eigenvalue weighted by Crippen LogP contribution is 2.23. The second-order valence-corrected chi connectivity index (χ2v) is 12.8. The summed E-state index contributed by atoms with van der Waals surface area (Å²) in [5.74, 6) is -0.381. The molecule has 4 rings (SSSR count). The molecule has 0 unspecified atom stereocenters. The molecule has 39 heavy (non-hydrogen) atoms. The Morgan fingerprint density at radius 1 is 0.795 bits per heavy atom. The predicted octanol–water partition coefficient (Wildman–Crippen LogP) is 5.32. The Labute approximate surface area is 229 Å². The zero-order chi connectivity index (χ0) is 28.2. The van der Waals surface area contributed by atoms with Crippen LogP contribution in [0.15, 0.2) is 102 Å². The average molecular weight is 564 g/mol. The minimum atomic E-state index is -3.79. The predicted molar refractivity (Wildman–Crippen MR) is 155 cm³/mol. The molecule has 0 saturated carbocycles. The lowest BCUT2D eigenvalue weighted by atomic mass is 10.1. The molecule has 4 aromatic rings. The largest absolute Gasteiger partial charge is 0.322 e. The number of hydrogen-bond donors (Lipinski definition) is 2. The van der Waals surface area contributed by atoms with Gasteiger partial charge in [-0.05, 0) is 85.1 Å². The van der Waals surface area contributed by atoms with E-state index in [9.17, 15) is 21.6 Å². The highest BCUT2D eigenvalue weighted by atomic mass is 32.2. The van der Waals surface area contributed by atoms with E-state index in [-0.39, 0.29) is 17.3 Å². The number of hydrogen-bond acceptors (Lipinski definition) is 5.